The van der Waals surface area contributed by atoms with Crippen LogP contribution in [0, 0.1) is 5.92 Å². The third-order valence-corrected chi connectivity index (χ3v) is 5.37. The van der Waals surface area contributed by atoms with Crippen molar-refractivity contribution in [3.8, 4) is 0 Å². The van der Waals surface area contributed by atoms with Crippen LogP contribution < -0.4 is 16.0 Å². The Kier molecular flexibility index (Phi) is 7.82. The first-order chi connectivity index (χ1) is 14.9. The van der Waals surface area contributed by atoms with Crippen LogP contribution in [0.15, 0.2) is 54.6 Å². The topological polar surface area (TPSA) is 87.3 Å². The number of amides is 3. The lowest BCUT2D eigenvalue weighted by atomic mass is 10.00. The molecule has 0 radical (unpaired) electrons. The summed E-state index contributed by atoms with van der Waals surface area (Å²) in [5.41, 5.74) is 2.95. The van der Waals surface area contributed by atoms with E-state index in [1.807, 2.05) is 68.4 Å². The zero-order valence-corrected chi connectivity index (χ0v) is 18.2. The van der Waals surface area contributed by atoms with Crippen LogP contribution in [0.1, 0.15) is 43.4 Å². The Morgan fingerprint density at radius 2 is 1.58 bits per heavy atom. The van der Waals surface area contributed by atoms with Gasteiger partial charge >= 0.3 is 0 Å². The van der Waals surface area contributed by atoms with Crippen LogP contribution in [0.25, 0.3) is 0 Å². The van der Waals surface area contributed by atoms with E-state index in [0.29, 0.717) is 32.2 Å². The van der Waals surface area contributed by atoms with Gasteiger partial charge in [0.05, 0.1) is 0 Å². The van der Waals surface area contributed by atoms with Crippen LogP contribution in [0.3, 0.4) is 0 Å². The minimum Gasteiger partial charge on any atom is -0.350 e. The molecule has 2 aromatic rings. The van der Waals surface area contributed by atoms with E-state index in [1.54, 1.807) is 0 Å². The molecule has 1 aliphatic rings. The van der Waals surface area contributed by atoms with E-state index in [1.165, 1.54) is 0 Å². The van der Waals surface area contributed by atoms with E-state index >= 15 is 0 Å². The van der Waals surface area contributed by atoms with Gasteiger partial charge in [0.15, 0.2) is 0 Å². The van der Waals surface area contributed by atoms with Crippen LogP contribution in [-0.4, -0.2) is 29.8 Å². The Balaban J connectivity index is 1.86. The first-order valence-electron chi connectivity index (χ1n) is 10.9. The van der Waals surface area contributed by atoms with Gasteiger partial charge in [0.1, 0.15) is 12.1 Å². The van der Waals surface area contributed by atoms with E-state index in [9.17, 15) is 14.4 Å². The molecular weight excluding hydrogens is 390 g/mol. The normalized spacial score (nSPS) is 20.4. The highest BCUT2D eigenvalue weighted by Gasteiger charge is 2.27. The summed E-state index contributed by atoms with van der Waals surface area (Å²) >= 11 is 0. The minimum absolute atomic E-state index is 0.177. The first kappa shape index (κ1) is 22.5. The molecule has 0 aromatic heterocycles. The van der Waals surface area contributed by atoms with Crippen molar-refractivity contribution in [2.45, 2.75) is 58.2 Å². The summed E-state index contributed by atoms with van der Waals surface area (Å²) < 4.78 is 0. The van der Waals surface area contributed by atoms with Crippen LogP contribution in [0.5, 0.6) is 0 Å². The molecule has 6 nitrogen and oxygen atoms in total. The van der Waals surface area contributed by atoms with Gasteiger partial charge in [-0.25, -0.2) is 0 Å². The van der Waals surface area contributed by atoms with Gasteiger partial charge in [-0.2, -0.15) is 0 Å². The second-order valence-corrected chi connectivity index (χ2v) is 8.54. The van der Waals surface area contributed by atoms with Gasteiger partial charge in [-0.15, -0.1) is 0 Å². The van der Waals surface area contributed by atoms with Crippen molar-refractivity contribution >= 4 is 17.7 Å². The molecule has 0 saturated carbocycles. The third kappa shape index (κ3) is 6.95. The predicted molar refractivity (Wildman–Crippen MR) is 120 cm³/mol. The standard InChI is InChI=1S/C25H31N3O3/c1-17(2)13-21-24(30)26-16-20-10-6-9-19(14-20)11-12-23(29)27-22(25(31)28-21)15-18-7-4-3-5-8-18/h3-10,14,17,21-22H,11-13,15-16H2,1-2H3,(H,26,30)(H,27,29)(H,28,31)/t21-,22-/m0/s1. The van der Waals surface area contributed by atoms with Crippen molar-refractivity contribution in [2.75, 3.05) is 0 Å². The molecule has 2 bridgehead atoms. The lowest BCUT2D eigenvalue weighted by molar-refractivity contribution is -0.132. The molecule has 0 unspecified atom stereocenters. The van der Waals surface area contributed by atoms with E-state index in [2.05, 4.69) is 16.0 Å². The van der Waals surface area contributed by atoms with Crippen molar-refractivity contribution in [2.24, 2.45) is 5.92 Å². The summed E-state index contributed by atoms with van der Waals surface area (Å²) in [6, 6.07) is 16.0. The second-order valence-electron chi connectivity index (χ2n) is 8.54. The lowest BCUT2D eigenvalue weighted by Crippen LogP contribution is -2.54. The van der Waals surface area contributed by atoms with E-state index in [4.69, 9.17) is 0 Å². The van der Waals surface area contributed by atoms with E-state index < -0.39 is 12.1 Å². The van der Waals surface area contributed by atoms with E-state index in [0.717, 1.165) is 16.7 Å². The fourth-order valence-corrected chi connectivity index (χ4v) is 3.77. The molecule has 1 aliphatic heterocycles. The van der Waals surface area contributed by atoms with Crippen molar-refractivity contribution in [1.82, 2.24) is 16.0 Å². The highest BCUT2D eigenvalue weighted by molar-refractivity contribution is 5.92. The number of hydrogen-bond acceptors (Lipinski definition) is 3. The zero-order valence-electron chi connectivity index (χ0n) is 18.2. The fourth-order valence-electron chi connectivity index (χ4n) is 3.77. The molecule has 0 spiro atoms. The van der Waals surface area contributed by atoms with Gasteiger partial charge in [-0.1, -0.05) is 68.4 Å². The van der Waals surface area contributed by atoms with Crippen LogP contribution in [0.4, 0.5) is 0 Å². The van der Waals surface area contributed by atoms with Gasteiger partial charge in [-0.3, -0.25) is 14.4 Å². The molecule has 3 amide bonds. The second kappa shape index (κ2) is 10.8. The van der Waals surface area contributed by atoms with E-state index in [-0.39, 0.29) is 23.6 Å². The number of hydrogen-bond donors (Lipinski definition) is 3. The Morgan fingerprint density at radius 3 is 2.32 bits per heavy atom. The molecule has 2 atom stereocenters. The minimum atomic E-state index is -0.744. The number of carbonyl (C=O) groups excluding carboxylic acids is 3. The summed E-state index contributed by atoms with van der Waals surface area (Å²) in [5.74, 6) is -0.508. The molecule has 0 aliphatic carbocycles. The quantitative estimate of drug-likeness (QED) is 0.709. The largest absolute Gasteiger partial charge is 0.350 e. The highest BCUT2D eigenvalue weighted by atomic mass is 16.2. The van der Waals surface area contributed by atoms with Gasteiger partial charge in [-0.05, 0) is 35.4 Å². The average Bonchev–Trinajstić information content (AvgIpc) is 2.75. The molecule has 3 rings (SSSR count). The summed E-state index contributed by atoms with van der Waals surface area (Å²) in [7, 11) is 0. The molecule has 6 heteroatoms. The van der Waals surface area contributed by atoms with Crippen molar-refractivity contribution in [1.29, 1.82) is 0 Å². The van der Waals surface area contributed by atoms with Gasteiger partial charge in [0.2, 0.25) is 17.7 Å². The molecule has 0 fully saturated rings. The maximum atomic E-state index is 13.1. The maximum Gasteiger partial charge on any atom is 0.243 e. The Hall–Kier alpha value is -3.15. The van der Waals surface area contributed by atoms with Crippen molar-refractivity contribution < 1.29 is 14.4 Å². The summed E-state index contributed by atoms with van der Waals surface area (Å²) in [6.45, 7) is 4.41. The first-order valence-corrected chi connectivity index (χ1v) is 10.9. The molecule has 2 aromatic carbocycles. The molecule has 164 valence electrons. The lowest BCUT2D eigenvalue weighted by Gasteiger charge is -2.25. The number of rotatable bonds is 4. The van der Waals surface area contributed by atoms with Crippen molar-refractivity contribution in [3.05, 3.63) is 71.3 Å². The summed E-state index contributed by atoms with van der Waals surface area (Å²) in [4.78, 5) is 38.7. The Labute approximate surface area is 183 Å². The van der Waals surface area contributed by atoms with Gasteiger partial charge in [0.25, 0.3) is 0 Å². The van der Waals surface area contributed by atoms with Gasteiger partial charge in [0, 0.05) is 19.4 Å². The maximum absolute atomic E-state index is 13.1. The van der Waals surface area contributed by atoms with Crippen LogP contribution in [0.2, 0.25) is 0 Å². The highest BCUT2D eigenvalue weighted by Crippen LogP contribution is 2.11. The predicted octanol–water partition coefficient (Wildman–Crippen LogP) is 2.51. The third-order valence-electron chi connectivity index (χ3n) is 5.37. The number of fused-ring (bicyclic) bond motifs is 2. The molecule has 31 heavy (non-hydrogen) atoms. The molecular formula is C25H31N3O3. The SMILES string of the molecule is CC(C)C[C@@H]1NC(=O)[C@H](Cc2ccccc2)NC(=O)CCc2cccc(c2)CNC1=O. The number of aryl methyl sites for hydroxylation is 1. The molecule has 1 heterocycles. The number of benzene rings is 2. The Morgan fingerprint density at radius 1 is 0.839 bits per heavy atom. The van der Waals surface area contributed by atoms with Crippen LogP contribution >= 0.6 is 0 Å². The monoisotopic (exact) mass is 421 g/mol. The zero-order chi connectivity index (χ0) is 22.2. The smallest absolute Gasteiger partial charge is 0.243 e. The summed E-state index contributed by atoms with van der Waals surface area (Å²) in [5, 5.41) is 8.72. The number of nitrogens with one attached hydrogen (secondary N) is 3. The van der Waals surface area contributed by atoms with Crippen molar-refractivity contribution in [3.63, 3.8) is 0 Å². The average molecular weight is 422 g/mol. The fraction of sp³-hybridized carbons (Fsp3) is 0.400. The number of carbonyl (C=O) groups is 3. The summed E-state index contributed by atoms with van der Waals surface area (Å²) in [6.07, 6.45) is 1.75. The van der Waals surface area contributed by atoms with Gasteiger partial charge < -0.3 is 16.0 Å². The molecule has 0 saturated heterocycles. The van der Waals surface area contributed by atoms with Crippen LogP contribution in [-0.2, 0) is 33.8 Å². The Bertz CT molecular complexity index is 911. The molecule has 3 N–H and O–H groups in total.